The van der Waals surface area contributed by atoms with Crippen LogP contribution in [-0.4, -0.2) is 33.3 Å². The van der Waals surface area contributed by atoms with Crippen molar-refractivity contribution in [2.24, 2.45) is 0 Å². The van der Waals surface area contributed by atoms with E-state index in [1.807, 2.05) is 6.92 Å². The molecule has 114 valence electrons. The van der Waals surface area contributed by atoms with Gasteiger partial charge in [-0.15, -0.1) is 0 Å². The first-order chi connectivity index (χ1) is 9.44. The van der Waals surface area contributed by atoms with Crippen molar-refractivity contribution in [3.8, 4) is 0 Å². The largest absolute Gasteiger partial charge is 0.392 e. The van der Waals surface area contributed by atoms with E-state index in [9.17, 15) is 8.42 Å². The van der Waals surface area contributed by atoms with Gasteiger partial charge in [0.1, 0.15) is 4.90 Å². The average Bonchev–Trinajstić information content (AvgIpc) is 2.38. The minimum atomic E-state index is -3.73. The zero-order chi connectivity index (χ0) is 15.2. The van der Waals surface area contributed by atoms with E-state index in [1.165, 1.54) is 12.1 Å². The Morgan fingerprint density at radius 1 is 1.35 bits per heavy atom. The SMILES string of the molecule is CCOCCCNS(=O)(=O)c1ccc(Cl)c(CO)c1Cl. The van der Waals surface area contributed by atoms with Crippen molar-refractivity contribution in [1.82, 2.24) is 4.72 Å². The van der Waals surface area contributed by atoms with Crippen LogP contribution < -0.4 is 4.72 Å². The molecule has 1 aromatic carbocycles. The highest BCUT2D eigenvalue weighted by molar-refractivity contribution is 7.89. The van der Waals surface area contributed by atoms with Gasteiger partial charge in [-0.3, -0.25) is 0 Å². The van der Waals surface area contributed by atoms with Crippen molar-refractivity contribution < 1.29 is 18.3 Å². The number of ether oxygens (including phenoxy) is 1. The Morgan fingerprint density at radius 2 is 2.05 bits per heavy atom. The van der Waals surface area contributed by atoms with Crippen molar-refractivity contribution in [1.29, 1.82) is 0 Å². The summed E-state index contributed by atoms with van der Waals surface area (Å²) in [6, 6.07) is 2.71. The zero-order valence-electron chi connectivity index (χ0n) is 11.0. The first-order valence-electron chi connectivity index (χ1n) is 6.09. The minimum absolute atomic E-state index is 0.0580. The van der Waals surface area contributed by atoms with E-state index in [2.05, 4.69) is 4.72 Å². The highest BCUT2D eigenvalue weighted by Crippen LogP contribution is 2.30. The third-order valence-corrected chi connectivity index (χ3v) is 4.96. The van der Waals surface area contributed by atoms with Gasteiger partial charge < -0.3 is 9.84 Å². The van der Waals surface area contributed by atoms with Crippen molar-refractivity contribution in [2.75, 3.05) is 19.8 Å². The molecule has 0 unspecified atom stereocenters. The van der Waals surface area contributed by atoms with Gasteiger partial charge in [-0.05, 0) is 25.5 Å². The molecule has 8 heteroatoms. The summed E-state index contributed by atoms with van der Waals surface area (Å²) in [4.78, 5) is -0.0935. The third kappa shape index (κ3) is 4.58. The van der Waals surface area contributed by atoms with Gasteiger partial charge in [0, 0.05) is 30.3 Å². The summed E-state index contributed by atoms with van der Waals surface area (Å²) >= 11 is 11.8. The number of aliphatic hydroxyl groups is 1. The fraction of sp³-hybridized carbons (Fsp3) is 0.500. The van der Waals surface area contributed by atoms with E-state index in [0.717, 1.165) is 0 Å². The van der Waals surface area contributed by atoms with Gasteiger partial charge in [0.25, 0.3) is 0 Å². The lowest BCUT2D eigenvalue weighted by Crippen LogP contribution is -2.26. The molecule has 5 nitrogen and oxygen atoms in total. The zero-order valence-corrected chi connectivity index (χ0v) is 13.4. The molecule has 0 radical (unpaired) electrons. The highest BCUT2D eigenvalue weighted by Gasteiger charge is 2.20. The van der Waals surface area contributed by atoms with Crippen LogP contribution in [0.3, 0.4) is 0 Å². The van der Waals surface area contributed by atoms with Gasteiger partial charge in [-0.25, -0.2) is 13.1 Å². The van der Waals surface area contributed by atoms with E-state index in [1.54, 1.807) is 0 Å². The van der Waals surface area contributed by atoms with Crippen LogP contribution in [-0.2, 0) is 21.4 Å². The monoisotopic (exact) mass is 341 g/mol. The molecule has 2 N–H and O–H groups in total. The second kappa shape index (κ2) is 8.17. The molecule has 0 aromatic heterocycles. The molecule has 0 saturated carbocycles. The number of hydrogen-bond donors (Lipinski definition) is 2. The molecular formula is C12H17Cl2NO4S. The van der Waals surface area contributed by atoms with Gasteiger partial charge in [0.2, 0.25) is 10.0 Å². The second-order valence-corrected chi connectivity index (χ2v) is 6.46. The Bertz CT molecular complexity index is 549. The summed E-state index contributed by atoms with van der Waals surface area (Å²) in [7, 11) is -3.73. The average molecular weight is 342 g/mol. The van der Waals surface area contributed by atoms with Gasteiger partial charge in [-0.2, -0.15) is 0 Å². The molecule has 0 aliphatic carbocycles. The maximum Gasteiger partial charge on any atom is 0.242 e. The smallest absolute Gasteiger partial charge is 0.242 e. The Balaban J connectivity index is 2.83. The molecule has 0 heterocycles. The molecule has 0 spiro atoms. The first-order valence-corrected chi connectivity index (χ1v) is 8.33. The Hall–Kier alpha value is -0.370. The van der Waals surface area contributed by atoms with Crippen molar-refractivity contribution in [3.05, 3.63) is 27.7 Å². The molecule has 0 amide bonds. The number of hydrogen-bond acceptors (Lipinski definition) is 4. The van der Waals surface area contributed by atoms with Crippen molar-refractivity contribution in [3.63, 3.8) is 0 Å². The van der Waals surface area contributed by atoms with Crippen molar-refractivity contribution >= 4 is 33.2 Å². The molecule has 0 atom stereocenters. The van der Waals surface area contributed by atoms with Crippen LogP contribution in [0.25, 0.3) is 0 Å². The Morgan fingerprint density at radius 3 is 2.65 bits per heavy atom. The highest BCUT2D eigenvalue weighted by atomic mass is 35.5. The summed E-state index contributed by atoms with van der Waals surface area (Å²) in [6.45, 7) is 2.76. The number of halogens is 2. The van der Waals surface area contributed by atoms with E-state index in [0.29, 0.717) is 19.6 Å². The summed E-state index contributed by atoms with van der Waals surface area (Å²) < 4.78 is 31.8. The molecule has 0 saturated heterocycles. The molecule has 0 aliphatic rings. The molecular weight excluding hydrogens is 325 g/mol. The summed E-state index contributed by atoms with van der Waals surface area (Å²) in [5.74, 6) is 0. The fourth-order valence-electron chi connectivity index (χ4n) is 1.53. The lowest BCUT2D eigenvalue weighted by molar-refractivity contribution is 0.146. The lowest BCUT2D eigenvalue weighted by atomic mass is 10.2. The van der Waals surface area contributed by atoms with Crippen LogP contribution in [0, 0.1) is 0 Å². The number of rotatable bonds is 8. The predicted octanol–water partition coefficient (Wildman–Crippen LogP) is 2.19. The van der Waals surface area contributed by atoms with Gasteiger partial charge in [0.05, 0.1) is 11.6 Å². The number of benzene rings is 1. The minimum Gasteiger partial charge on any atom is -0.392 e. The van der Waals surface area contributed by atoms with Crippen LogP contribution >= 0.6 is 23.2 Å². The maximum absolute atomic E-state index is 12.1. The third-order valence-electron chi connectivity index (χ3n) is 2.56. The normalized spacial score (nSPS) is 11.8. The first kappa shape index (κ1) is 17.7. The van der Waals surface area contributed by atoms with Crippen LogP contribution in [0.4, 0.5) is 0 Å². The standard InChI is InChI=1S/C12H17Cl2NO4S/c1-2-19-7-3-6-15-20(17,18)11-5-4-10(13)9(8-16)12(11)14/h4-5,15-16H,2-3,6-8H2,1H3. The molecule has 20 heavy (non-hydrogen) atoms. The summed E-state index contributed by atoms with van der Waals surface area (Å²) in [5, 5.41) is 9.33. The molecule has 1 rings (SSSR count). The quantitative estimate of drug-likeness (QED) is 0.710. The number of nitrogens with one attached hydrogen (secondary N) is 1. The topological polar surface area (TPSA) is 75.6 Å². The predicted molar refractivity (Wildman–Crippen MR) is 78.7 cm³/mol. The van der Waals surface area contributed by atoms with Crippen LogP contribution in [0.5, 0.6) is 0 Å². The van der Waals surface area contributed by atoms with Gasteiger partial charge >= 0.3 is 0 Å². The second-order valence-electron chi connectivity index (χ2n) is 3.94. The van der Waals surface area contributed by atoms with E-state index < -0.39 is 16.6 Å². The van der Waals surface area contributed by atoms with Gasteiger partial charge in [-0.1, -0.05) is 23.2 Å². The lowest BCUT2D eigenvalue weighted by Gasteiger charge is -2.11. The molecule has 1 aromatic rings. The van der Waals surface area contributed by atoms with E-state index in [4.69, 9.17) is 33.0 Å². The Labute approximate surface area is 128 Å². The van der Waals surface area contributed by atoms with Crippen molar-refractivity contribution in [2.45, 2.75) is 24.8 Å². The van der Waals surface area contributed by atoms with Gasteiger partial charge in [0.15, 0.2) is 0 Å². The van der Waals surface area contributed by atoms with E-state index >= 15 is 0 Å². The van der Waals surface area contributed by atoms with Crippen LogP contribution in [0.2, 0.25) is 10.0 Å². The Kier molecular flexibility index (Phi) is 7.22. The molecule has 0 fully saturated rings. The fourth-order valence-corrected chi connectivity index (χ4v) is 3.50. The number of aliphatic hydroxyl groups excluding tert-OH is 1. The summed E-state index contributed by atoms with van der Waals surface area (Å²) in [6.07, 6.45) is 0.561. The van der Waals surface area contributed by atoms with E-state index in [-0.39, 0.29) is 27.0 Å². The number of sulfonamides is 1. The molecule has 0 bridgehead atoms. The maximum atomic E-state index is 12.1. The van der Waals surface area contributed by atoms with Crippen LogP contribution in [0.1, 0.15) is 18.9 Å². The summed E-state index contributed by atoms with van der Waals surface area (Å²) in [5.41, 5.74) is 0.200. The molecule has 0 aliphatic heterocycles. The van der Waals surface area contributed by atoms with Crippen LogP contribution in [0.15, 0.2) is 17.0 Å².